The minimum atomic E-state index is -0.583. The molecule has 2 spiro atoms. The van der Waals surface area contributed by atoms with E-state index >= 15 is 0 Å². The van der Waals surface area contributed by atoms with E-state index in [-0.39, 0.29) is 23.7 Å². The summed E-state index contributed by atoms with van der Waals surface area (Å²) in [4.78, 5) is 2.52. The monoisotopic (exact) mass is 385 g/mol. The molecule has 2 aliphatic heterocycles. The Kier molecular flexibility index (Phi) is 3.53. The lowest BCUT2D eigenvalue weighted by molar-refractivity contribution is -0.0880. The molecule has 1 saturated heterocycles. The molecule has 1 N–H and O–H groups in total. The highest BCUT2D eigenvalue weighted by Crippen LogP contribution is 2.75. The van der Waals surface area contributed by atoms with Crippen molar-refractivity contribution < 1.29 is 24.1 Å². The van der Waals surface area contributed by atoms with Gasteiger partial charge in [-0.05, 0) is 37.4 Å². The molecule has 6 atom stereocenters. The molecular formula is C22H27NO5. The molecule has 7 rings (SSSR count). The number of nitrogens with zero attached hydrogens (tertiary/aromatic N) is 1. The standard InChI is InChI=1S/C22H27NO5/c1-23-11-21-6-5-15(24)20-22(10-21)17-13(9-14(23)19(21)22)3-4-16(18(17)28-20)27-12-26-8-7-25-2/h3-6,14-15,19-20,24H,7-12H2,1-2H3/t14-,15+,19?,20+,21?,22-/m1/s1. The van der Waals surface area contributed by atoms with Crippen LogP contribution in [0.3, 0.4) is 0 Å². The van der Waals surface area contributed by atoms with Crippen LogP contribution in [0.2, 0.25) is 0 Å². The highest BCUT2D eigenvalue weighted by atomic mass is 16.7. The number of rotatable bonds is 6. The summed E-state index contributed by atoms with van der Waals surface area (Å²) >= 11 is 0. The summed E-state index contributed by atoms with van der Waals surface area (Å²) in [6.07, 6.45) is 5.55. The quantitative estimate of drug-likeness (QED) is 0.455. The fourth-order valence-corrected chi connectivity index (χ4v) is 7.06. The molecule has 4 aliphatic carbocycles. The van der Waals surface area contributed by atoms with Gasteiger partial charge >= 0.3 is 0 Å². The number of likely N-dealkylation sites (N-methyl/N-ethyl adjacent to an activating group) is 1. The molecule has 1 aromatic carbocycles. The minimum absolute atomic E-state index is 0.0997. The minimum Gasteiger partial charge on any atom is -0.482 e. The summed E-state index contributed by atoms with van der Waals surface area (Å²) in [6, 6.07) is 4.70. The second-order valence-electron chi connectivity index (χ2n) is 9.09. The molecule has 0 radical (unpaired) electrons. The van der Waals surface area contributed by atoms with Crippen molar-refractivity contribution in [2.45, 2.75) is 36.5 Å². The molecular weight excluding hydrogens is 358 g/mol. The van der Waals surface area contributed by atoms with Crippen molar-refractivity contribution in [2.24, 2.45) is 11.3 Å². The molecule has 6 nitrogen and oxygen atoms in total. The fourth-order valence-electron chi connectivity index (χ4n) is 7.06. The van der Waals surface area contributed by atoms with E-state index in [4.69, 9.17) is 18.9 Å². The fraction of sp³-hybridized carbons (Fsp3) is 0.636. The number of methoxy groups -OCH3 is 1. The first-order valence-electron chi connectivity index (χ1n) is 10.2. The van der Waals surface area contributed by atoms with Crippen LogP contribution in [0, 0.1) is 11.3 Å². The number of benzene rings is 1. The van der Waals surface area contributed by atoms with E-state index in [0.29, 0.717) is 25.2 Å². The summed E-state index contributed by atoms with van der Waals surface area (Å²) in [5, 5.41) is 10.9. The summed E-state index contributed by atoms with van der Waals surface area (Å²) in [6.45, 7) is 2.27. The largest absolute Gasteiger partial charge is 0.482 e. The Morgan fingerprint density at radius 1 is 1.32 bits per heavy atom. The smallest absolute Gasteiger partial charge is 0.189 e. The molecule has 28 heavy (non-hydrogen) atoms. The molecule has 1 saturated carbocycles. The summed E-state index contributed by atoms with van der Waals surface area (Å²) < 4.78 is 22.9. The maximum absolute atomic E-state index is 10.9. The van der Waals surface area contributed by atoms with Gasteiger partial charge in [-0.25, -0.2) is 0 Å². The van der Waals surface area contributed by atoms with E-state index in [2.05, 4.69) is 24.1 Å². The summed E-state index contributed by atoms with van der Waals surface area (Å²) in [5.74, 6) is 2.05. The van der Waals surface area contributed by atoms with Gasteiger partial charge in [0.15, 0.2) is 18.3 Å². The SMILES string of the molecule is COCCOCOc1ccc2c3c1O[C@H]1[C@@H](O)C=CC45CN(C)[C@H](C2)C4[C@@]31C5. The number of aliphatic hydroxyl groups excluding tert-OH is 1. The van der Waals surface area contributed by atoms with Crippen molar-refractivity contribution in [1.29, 1.82) is 0 Å². The summed E-state index contributed by atoms with van der Waals surface area (Å²) in [5.41, 5.74) is 2.72. The topological polar surface area (TPSA) is 60.4 Å². The van der Waals surface area contributed by atoms with Crippen molar-refractivity contribution in [3.63, 3.8) is 0 Å². The number of fused-ring (bicyclic) bond motifs is 1. The van der Waals surface area contributed by atoms with Crippen LogP contribution in [-0.4, -0.2) is 69.0 Å². The lowest BCUT2D eigenvalue weighted by Gasteiger charge is -2.61. The van der Waals surface area contributed by atoms with Crippen LogP contribution in [-0.2, 0) is 21.3 Å². The van der Waals surface area contributed by atoms with Crippen LogP contribution >= 0.6 is 0 Å². The highest BCUT2D eigenvalue weighted by Gasteiger charge is 2.78. The maximum atomic E-state index is 10.9. The Morgan fingerprint density at radius 3 is 3.07 bits per heavy atom. The zero-order valence-electron chi connectivity index (χ0n) is 16.4. The number of ether oxygens (including phenoxy) is 4. The van der Waals surface area contributed by atoms with Crippen molar-refractivity contribution in [2.75, 3.05) is 40.7 Å². The molecule has 2 unspecified atom stereocenters. The third kappa shape index (κ3) is 1.92. The van der Waals surface area contributed by atoms with Gasteiger partial charge in [-0.2, -0.15) is 0 Å². The molecule has 2 bridgehead atoms. The zero-order chi connectivity index (χ0) is 19.1. The lowest BCUT2D eigenvalue weighted by atomic mass is 9.40. The highest BCUT2D eigenvalue weighted by molar-refractivity contribution is 5.64. The average molecular weight is 385 g/mol. The van der Waals surface area contributed by atoms with E-state index in [1.807, 2.05) is 12.1 Å². The van der Waals surface area contributed by atoms with Gasteiger partial charge in [0.2, 0.25) is 0 Å². The van der Waals surface area contributed by atoms with E-state index in [0.717, 1.165) is 30.9 Å². The van der Waals surface area contributed by atoms with E-state index in [9.17, 15) is 5.11 Å². The van der Waals surface area contributed by atoms with Gasteiger partial charge in [0.1, 0.15) is 12.2 Å². The predicted octanol–water partition coefficient (Wildman–Crippen LogP) is 1.49. The molecule has 1 aromatic rings. The maximum Gasteiger partial charge on any atom is 0.189 e. The molecule has 2 fully saturated rings. The van der Waals surface area contributed by atoms with Gasteiger partial charge in [0.25, 0.3) is 0 Å². The first-order valence-corrected chi connectivity index (χ1v) is 10.2. The Balaban J connectivity index is 1.40. The number of hydrogen-bond acceptors (Lipinski definition) is 6. The number of hydrogen-bond donors (Lipinski definition) is 1. The van der Waals surface area contributed by atoms with Crippen LogP contribution in [0.5, 0.6) is 11.5 Å². The van der Waals surface area contributed by atoms with Crippen LogP contribution in [0.1, 0.15) is 17.5 Å². The second kappa shape index (κ2) is 5.72. The molecule has 150 valence electrons. The predicted molar refractivity (Wildman–Crippen MR) is 102 cm³/mol. The molecule has 2 heterocycles. The Bertz CT molecular complexity index is 856. The van der Waals surface area contributed by atoms with E-state index < -0.39 is 6.10 Å². The van der Waals surface area contributed by atoms with Gasteiger partial charge in [0, 0.05) is 36.1 Å². The zero-order valence-corrected chi connectivity index (χ0v) is 16.4. The molecule has 0 aromatic heterocycles. The Labute approximate surface area is 165 Å². The normalized spacial score (nSPS) is 41.2. The Hall–Kier alpha value is -1.60. The van der Waals surface area contributed by atoms with Crippen molar-refractivity contribution in [3.8, 4) is 11.5 Å². The number of likely N-dealkylation sites (tertiary alicyclic amines) is 1. The first-order chi connectivity index (χ1) is 13.6. The van der Waals surface area contributed by atoms with Crippen molar-refractivity contribution in [3.05, 3.63) is 35.4 Å². The third-order valence-electron chi connectivity index (χ3n) is 7.81. The van der Waals surface area contributed by atoms with Crippen LogP contribution in [0.15, 0.2) is 24.3 Å². The van der Waals surface area contributed by atoms with Crippen LogP contribution < -0.4 is 9.47 Å². The Morgan fingerprint density at radius 2 is 2.21 bits per heavy atom. The van der Waals surface area contributed by atoms with E-state index in [1.54, 1.807) is 7.11 Å². The van der Waals surface area contributed by atoms with Gasteiger partial charge in [-0.1, -0.05) is 18.2 Å². The summed E-state index contributed by atoms with van der Waals surface area (Å²) in [7, 11) is 3.90. The molecule has 6 heteroatoms. The van der Waals surface area contributed by atoms with Gasteiger partial charge in [-0.15, -0.1) is 0 Å². The molecule has 0 amide bonds. The van der Waals surface area contributed by atoms with Crippen molar-refractivity contribution in [1.82, 2.24) is 4.90 Å². The average Bonchev–Trinajstić information content (AvgIpc) is 3.08. The van der Waals surface area contributed by atoms with Gasteiger partial charge < -0.3 is 29.0 Å². The van der Waals surface area contributed by atoms with Gasteiger partial charge in [-0.3, -0.25) is 0 Å². The van der Waals surface area contributed by atoms with Crippen LogP contribution in [0.4, 0.5) is 0 Å². The van der Waals surface area contributed by atoms with Crippen LogP contribution in [0.25, 0.3) is 0 Å². The second-order valence-corrected chi connectivity index (χ2v) is 9.09. The van der Waals surface area contributed by atoms with Gasteiger partial charge in [0.05, 0.1) is 13.2 Å². The van der Waals surface area contributed by atoms with Crippen molar-refractivity contribution >= 4 is 0 Å². The van der Waals surface area contributed by atoms with E-state index in [1.165, 1.54) is 11.1 Å². The first kappa shape index (κ1) is 17.3. The lowest BCUT2D eigenvalue weighted by Crippen LogP contribution is -2.66. The number of aliphatic hydroxyl groups is 1. The molecule has 6 aliphatic rings. The third-order valence-corrected chi connectivity index (χ3v) is 7.81.